The molecule has 0 aliphatic heterocycles. The van der Waals surface area contributed by atoms with E-state index >= 15 is 0 Å². The number of aromatic amines is 1. The third kappa shape index (κ3) is 2.30. The highest BCUT2D eigenvalue weighted by molar-refractivity contribution is 5.74. The zero-order valence-electron chi connectivity index (χ0n) is 7.75. The average Bonchev–Trinajstić information content (AvgIpc) is 2.58. The first-order valence-electron chi connectivity index (χ1n) is 4.29. The Morgan fingerprint density at radius 3 is 2.56 bits per heavy atom. The van der Waals surface area contributed by atoms with Crippen molar-refractivity contribution in [2.45, 2.75) is 12.7 Å². The summed E-state index contributed by atoms with van der Waals surface area (Å²) in [5.74, 6) is -0.501. The van der Waals surface area contributed by atoms with Crippen LogP contribution in [0.15, 0.2) is 24.3 Å². The molecular formula is C9H6F4N2O. The van der Waals surface area contributed by atoms with Crippen molar-refractivity contribution in [3.8, 4) is 0 Å². The Morgan fingerprint density at radius 1 is 1.25 bits per heavy atom. The van der Waals surface area contributed by atoms with Crippen LogP contribution in [0.1, 0.15) is 12.2 Å². The molecular weight excluding hydrogens is 228 g/mol. The summed E-state index contributed by atoms with van der Waals surface area (Å²) in [5, 5.41) is 0. The SMILES string of the molecule is F[C@H](OC(F)(F)F)c1nc2ccccc2[nH]1. The largest absolute Gasteiger partial charge is 0.525 e. The number of imidazole rings is 1. The van der Waals surface area contributed by atoms with Crippen LogP contribution >= 0.6 is 0 Å². The molecule has 0 spiro atoms. The lowest BCUT2D eigenvalue weighted by molar-refractivity contribution is -0.364. The van der Waals surface area contributed by atoms with E-state index in [1.165, 1.54) is 0 Å². The molecule has 1 atom stereocenters. The zero-order chi connectivity index (χ0) is 11.8. The van der Waals surface area contributed by atoms with Crippen molar-refractivity contribution < 1.29 is 22.3 Å². The number of alkyl halides is 4. The van der Waals surface area contributed by atoms with Crippen LogP contribution in [0, 0.1) is 0 Å². The van der Waals surface area contributed by atoms with Crippen molar-refractivity contribution in [1.82, 2.24) is 9.97 Å². The number of nitrogens with zero attached hydrogens (tertiary/aromatic N) is 1. The van der Waals surface area contributed by atoms with Gasteiger partial charge in [-0.25, -0.2) is 14.1 Å². The van der Waals surface area contributed by atoms with Crippen LogP contribution in [0.4, 0.5) is 17.6 Å². The second-order valence-corrected chi connectivity index (χ2v) is 3.02. The van der Waals surface area contributed by atoms with Gasteiger partial charge in [0.2, 0.25) is 0 Å². The molecule has 0 radical (unpaired) electrons. The first-order chi connectivity index (χ1) is 7.46. The van der Waals surface area contributed by atoms with Crippen LogP contribution in [-0.2, 0) is 4.74 Å². The predicted molar refractivity (Wildman–Crippen MR) is 47.1 cm³/mol. The van der Waals surface area contributed by atoms with Gasteiger partial charge in [0.05, 0.1) is 11.0 Å². The summed E-state index contributed by atoms with van der Waals surface area (Å²) < 4.78 is 51.5. The van der Waals surface area contributed by atoms with Crippen LogP contribution in [-0.4, -0.2) is 16.3 Å². The molecule has 0 unspecified atom stereocenters. The molecule has 7 heteroatoms. The van der Waals surface area contributed by atoms with E-state index in [1.54, 1.807) is 24.3 Å². The van der Waals surface area contributed by atoms with Gasteiger partial charge in [-0.05, 0) is 12.1 Å². The fourth-order valence-electron chi connectivity index (χ4n) is 1.25. The van der Waals surface area contributed by atoms with Crippen LogP contribution in [0.3, 0.4) is 0 Å². The smallest absolute Gasteiger partial charge is 0.337 e. The maximum absolute atomic E-state index is 13.0. The number of hydrogen-bond donors (Lipinski definition) is 1. The number of aromatic nitrogens is 2. The standard InChI is InChI=1S/C9H6F4N2O/c10-7(16-9(11,12)13)8-14-5-3-1-2-4-6(5)15-8/h1-4,7H,(H,14,15)/t7-/m1/s1. The molecule has 1 aromatic heterocycles. The van der Waals surface area contributed by atoms with Crippen LogP contribution < -0.4 is 0 Å². The summed E-state index contributed by atoms with van der Waals surface area (Å²) in [5.41, 5.74) is 0.830. The maximum atomic E-state index is 13.0. The number of halogens is 4. The third-order valence-corrected chi connectivity index (χ3v) is 1.86. The lowest BCUT2D eigenvalue weighted by atomic mass is 10.3. The zero-order valence-corrected chi connectivity index (χ0v) is 7.75. The predicted octanol–water partition coefficient (Wildman–Crippen LogP) is 3.07. The number of benzene rings is 1. The summed E-state index contributed by atoms with van der Waals surface area (Å²) in [4.78, 5) is 6.05. The second-order valence-electron chi connectivity index (χ2n) is 3.02. The quantitative estimate of drug-likeness (QED) is 0.811. The monoisotopic (exact) mass is 234 g/mol. The molecule has 2 rings (SSSR count). The molecule has 3 nitrogen and oxygen atoms in total. The number of rotatable bonds is 2. The van der Waals surface area contributed by atoms with Gasteiger partial charge in [-0.15, -0.1) is 13.2 Å². The van der Waals surface area contributed by atoms with E-state index in [0.717, 1.165) is 0 Å². The van der Waals surface area contributed by atoms with E-state index in [4.69, 9.17) is 0 Å². The number of nitrogens with one attached hydrogen (secondary N) is 1. The molecule has 1 N–H and O–H groups in total. The lowest BCUT2D eigenvalue weighted by Gasteiger charge is -2.09. The van der Waals surface area contributed by atoms with E-state index in [2.05, 4.69) is 14.7 Å². The number of ether oxygens (including phenoxy) is 1. The van der Waals surface area contributed by atoms with Crippen molar-refractivity contribution in [2.24, 2.45) is 0 Å². The van der Waals surface area contributed by atoms with Crippen LogP contribution in [0.5, 0.6) is 0 Å². The summed E-state index contributed by atoms with van der Waals surface area (Å²) in [7, 11) is 0. The van der Waals surface area contributed by atoms with Crippen molar-refractivity contribution in [2.75, 3.05) is 0 Å². The highest BCUT2D eigenvalue weighted by Crippen LogP contribution is 2.28. The second kappa shape index (κ2) is 3.75. The number of para-hydroxylation sites is 2. The Hall–Kier alpha value is -1.63. The number of H-pyrrole nitrogens is 1. The topological polar surface area (TPSA) is 37.9 Å². The Bertz CT molecular complexity index is 460. The lowest BCUT2D eigenvalue weighted by Crippen LogP contribution is -2.16. The van der Waals surface area contributed by atoms with Crippen LogP contribution in [0.2, 0.25) is 0 Å². The normalized spacial score (nSPS) is 14.2. The molecule has 1 heterocycles. The highest BCUT2D eigenvalue weighted by Gasteiger charge is 2.35. The maximum Gasteiger partial charge on any atom is 0.525 e. The van der Waals surface area contributed by atoms with E-state index in [9.17, 15) is 17.6 Å². The molecule has 0 aliphatic rings. The van der Waals surface area contributed by atoms with Crippen molar-refractivity contribution >= 4 is 11.0 Å². The van der Waals surface area contributed by atoms with Gasteiger partial charge in [0, 0.05) is 0 Å². The van der Waals surface area contributed by atoms with Gasteiger partial charge in [0.15, 0.2) is 5.82 Å². The minimum Gasteiger partial charge on any atom is -0.337 e. The Balaban J connectivity index is 2.26. The van der Waals surface area contributed by atoms with Gasteiger partial charge in [-0.3, -0.25) is 0 Å². The molecule has 0 saturated heterocycles. The van der Waals surface area contributed by atoms with E-state index in [0.29, 0.717) is 11.0 Å². The molecule has 0 aliphatic carbocycles. The third-order valence-electron chi connectivity index (χ3n) is 1.86. The minimum atomic E-state index is -5.03. The van der Waals surface area contributed by atoms with Gasteiger partial charge in [-0.1, -0.05) is 12.1 Å². The average molecular weight is 234 g/mol. The molecule has 0 bridgehead atoms. The molecule has 86 valence electrons. The van der Waals surface area contributed by atoms with Gasteiger partial charge < -0.3 is 4.98 Å². The summed E-state index contributed by atoms with van der Waals surface area (Å²) in [6, 6.07) is 6.43. The molecule has 0 fully saturated rings. The number of fused-ring (bicyclic) bond motifs is 1. The van der Waals surface area contributed by atoms with Gasteiger partial charge in [0.1, 0.15) is 0 Å². The van der Waals surface area contributed by atoms with Gasteiger partial charge >= 0.3 is 6.36 Å². The van der Waals surface area contributed by atoms with E-state index in [1.807, 2.05) is 0 Å². The Labute approximate surface area is 87.0 Å². The fraction of sp³-hybridized carbons (Fsp3) is 0.222. The minimum absolute atomic E-state index is 0.380. The van der Waals surface area contributed by atoms with Gasteiger partial charge in [-0.2, -0.15) is 0 Å². The molecule has 1 aromatic carbocycles. The highest BCUT2D eigenvalue weighted by atomic mass is 19.4. The molecule has 2 aromatic rings. The molecule has 16 heavy (non-hydrogen) atoms. The Kier molecular flexibility index (Phi) is 2.55. The van der Waals surface area contributed by atoms with E-state index in [-0.39, 0.29) is 0 Å². The van der Waals surface area contributed by atoms with Crippen molar-refractivity contribution in [1.29, 1.82) is 0 Å². The summed E-state index contributed by atoms with van der Waals surface area (Å²) >= 11 is 0. The number of hydrogen-bond acceptors (Lipinski definition) is 2. The van der Waals surface area contributed by atoms with E-state index < -0.39 is 18.5 Å². The Morgan fingerprint density at radius 2 is 1.94 bits per heavy atom. The van der Waals surface area contributed by atoms with Gasteiger partial charge in [0.25, 0.3) is 6.36 Å². The van der Waals surface area contributed by atoms with Crippen molar-refractivity contribution in [3.63, 3.8) is 0 Å². The molecule has 0 amide bonds. The van der Waals surface area contributed by atoms with Crippen LogP contribution in [0.25, 0.3) is 11.0 Å². The summed E-state index contributed by atoms with van der Waals surface area (Å²) in [6.07, 6.45) is -7.68. The first kappa shape index (κ1) is 10.9. The summed E-state index contributed by atoms with van der Waals surface area (Å²) in [6.45, 7) is 0. The van der Waals surface area contributed by atoms with Crippen molar-refractivity contribution in [3.05, 3.63) is 30.1 Å². The fourth-order valence-corrected chi connectivity index (χ4v) is 1.25. The first-order valence-corrected chi connectivity index (χ1v) is 4.29. The molecule has 0 saturated carbocycles.